The molecule has 5 nitrogen and oxygen atoms in total. The maximum Gasteiger partial charge on any atom is 0.146 e. The second-order valence-corrected chi connectivity index (χ2v) is 7.45. The first kappa shape index (κ1) is 27.1. The van der Waals surface area contributed by atoms with Crippen LogP contribution < -0.4 is 10.1 Å². The predicted molar refractivity (Wildman–Crippen MR) is 133 cm³/mol. The summed E-state index contributed by atoms with van der Waals surface area (Å²) in [6.07, 6.45) is 12.8. The molecule has 0 radical (unpaired) electrons. The molecule has 6 heteroatoms. The standard InChI is InChI=1S/C16H17ClN2.C9H8N2O.C2H2/c1-3-15-16(17)14(10-19-15)11(2)7-12-5-4-6-13(8-12)9-18;1-7(2)12-9-3-8(4-10)5-11-6-9;1-2/h4-6,8,19H,3,7,10H2,1-2H3;3,5-6H,1H2,2H3;1-2H/b14-11-;;. The van der Waals surface area contributed by atoms with Gasteiger partial charge in [0.2, 0.25) is 0 Å². The summed E-state index contributed by atoms with van der Waals surface area (Å²) in [6, 6.07) is 13.5. The summed E-state index contributed by atoms with van der Waals surface area (Å²) in [5.41, 5.74) is 5.92. The van der Waals surface area contributed by atoms with Crippen molar-refractivity contribution < 1.29 is 4.74 Å². The van der Waals surface area contributed by atoms with Gasteiger partial charge in [0, 0.05) is 24.5 Å². The number of ether oxygens (including phenoxy) is 1. The first-order valence-electron chi connectivity index (χ1n) is 10.2. The summed E-state index contributed by atoms with van der Waals surface area (Å²) in [6.45, 7) is 10.3. The van der Waals surface area contributed by atoms with Gasteiger partial charge in [-0.25, -0.2) is 0 Å². The number of allylic oxidation sites excluding steroid dienone is 3. The van der Waals surface area contributed by atoms with E-state index < -0.39 is 0 Å². The van der Waals surface area contributed by atoms with Gasteiger partial charge in [-0.1, -0.05) is 42.8 Å². The summed E-state index contributed by atoms with van der Waals surface area (Å²) in [7, 11) is 0. The zero-order valence-electron chi connectivity index (χ0n) is 19.2. The Balaban J connectivity index is 0.000000335. The van der Waals surface area contributed by atoms with Crippen molar-refractivity contribution in [3.63, 3.8) is 0 Å². The van der Waals surface area contributed by atoms with Crippen molar-refractivity contribution in [2.75, 3.05) is 6.54 Å². The number of hydrogen-bond acceptors (Lipinski definition) is 5. The number of nitriles is 2. The third-order valence-electron chi connectivity index (χ3n) is 4.54. The van der Waals surface area contributed by atoms with E-state index in [9.17, 15) is 0 Å². The summed E-state index contributed by atoms with van der Waals surface area (Å²) in [5, 5.41) is 21.6. The Morgan fingerprint density at radius 1 is 1.18 bits per heavy atom. The van der Waals surface area contributed by atoms with Gasteiger partial charge < -0.3 is 10.1 Å². The van der Waals surface area contributed by atoms with Crippen LogP contribution >= 0.6 is 11.6 Å². The van der Waals surface area contributed by atoms with E-state index in [1.807, 2.05) is 30.3 Å². The average Bonchev–Trinajstić information content (AvgIpc) is 3.21. The summed E-state index contributed by atoms with van der Waals surface area (Å²) in [5.74, 6) is 1.12. The highest BCUT2D eigenvalue weighted by Crippen LogP contribution is 2.29. The number of terminal acetylenes is 1. The Kier molecular flexibility index (Phi) is 11.6. The van der Waals surface area contributed by atoms with Crippen molar-refractivity contribution in [2.45, 2.75) is 33.6 Å². The number of benzene rings is 1. The van der Waals surface area contributed by atoms with Crippen LogP contribution in [0.4, 0.5) is 0 Å². The molecule has 1 aliphatic rings. The zero-order chi connectivity index (χ0) is 24.8. The van der Waals surface area contributed by atoms with Gasteiger partial charge in [0.1, 0.15) is 11.8 Å². The lowest BCUT2D eigenvalue weighted by atomic mass is 10.00. The number of pyridine rings is 1. The van der Waals surface area contributed by atoms with E-state index in [1.54, 1.807) is 13.0 Å². The lowest BCUT2D eigenvalue weighted by Gasteiger charge is -2.07. The van der Waals surface area contributed by atoms with Gasteiger partial charge in [-0.3, -0.25) is 4.98 Å². The molecule has 0 fully saturated rings. The fourth-order valence-electron chi connectivity index (χ4n) is 3.05. The smallest absolute Gasteiger partial charge is 0.146 e. The quantitative estimate of drug-likeness (QED) is 0.439. The van der Waals surface area contributed by atoms with Gasteiger partial charge in [0.15, 0.2) is 0 Å². The number of rotatable bonds is 5. The summed E-state index contributed by atoms with van der Waals surface area (Å²) >= 11 is 6.37. The van der Waals surface area contributed by atoms with Crippen LogP contribution in [0.2, 0.25) is 0 Å². The number of nitrogens with zero attached hydrogens (tertiary/aromatic N) is 3. The molecule has 1 aromatic carbocycles. The largest absolute Gasteiger partial charge is 0.461 e. The molecule has 0 amide bonds. The molecular weight excluding hydrogens is 432 g/mol. The molecular formula is C27H27ClN4O. The summed E-state index contributed by atoms with van der Waals surface area (Å²) < 4.78 is 5.15. The molecule has 1 N–H and O–H groups in total. The number of hydrogen-bond donors (Lipinski definition) is 1. The average molecular weight is 459 g/mol. The number of aromatic nitrogens is 1. The SMILES string of the molecule is C#C.C=C(C)Oc1cncc(C#N)c1.CCC1=C(Cl)/C(=C(/C)Cc2cccc(C#N)c2)CN1. The molecule has 2 aromatic rings. The monoisotopic (exact) mass is 458 g/mol. The van der Waals surface area contributed by atoms with E-state index in [1.165, 1.54) is 23.5 Å². The van der Waals surface area contributed by atoms with Gasteiger partial charge in [0.05, 0.1) is 34.2 Å². The molecule has 0 aliphatic carbocycles. The van der Waals surface area contributed by atoms with Crippen LogP contribution in [0.25, 0.3) is 0 Å². The normalized spacial score (nSPS) is 13.1. The first-order valence-corrected chi connectivity index (χ1v) is 10.6. The van der Waals surface area contributed by atoms with E-state index in [0.717, 1.165) is 35.7 Å². The van der Waals surface area contributed by atoms with Gasteiger partial charge in [-0.15, -0.1) is 12.8 Å². The van der Waals surface area contributed by atoms with E-state index in [2.05, 4.69) is 49.6 Å². The molecule has 2 heterocycles. The lowest BCUT2D eigenvalue weighted by Crippen LogP contribution is -2.08. The Labute approximate surface area is 201 Å². The van der Waals surface area contributed by atoms with Crippen molar-refractivity contribution in [3.8, 4) is 30.7 Å². The van der Waals surface area contributed by atoms with Gasteiger partial charge in [0.25, 0.3) is 0 Å². The second kappa shape index (κ2) is 14.2. The molecule has 0 bridgehead atoms. The highest BCUT2D eigenvalue weighted by molar-refractivity contribution is 6.32. The van der Waals surface area contributed by atoms with E-state index >= 15 is 0 Å². The van der Waals surface area contributed by atoms with E-state index in [-0.39, 0.29) is 0 Å². The lowest BCUT2D eigenvalue weighted by molar-refractivity contribution is 0.428. The van der Waals surface area contributed by atoms with Crippen molar-refractivity contribution >= 4 is 11.6 Å². The molecule has 1 aliphatic heterocycles. The van der Waals surface area contributed by atoms with Crippen LogP contribution in [0, 0.1) is 35.5 Å². The van der Waals surface area contributed by atoms with E-state index in [4.69, 9.17) is 26.9 Å². The maximum atomic E-state index is 8.92. The van der Waals surface area contributed by atoms with Gasteiger partial charge >= 0.3 is 0 Å². The van der Waals surface area contributed by atoms with Crippen LogP contribution in [0.5, 0.6) is 5.75 Å². The van der Waals surface area contributed by atoms with Crippen molar-refractivity contribution in [1.82, 2.24) is 10.3 Å². The molecule has 3 rings (SSSR count). The molecule has 0 saturated carbocycles. The fourth-order valence-corrected chi connectivity index (χ4v) is 3.48. The van der Waals surface area contributed by atoms with Gasteiger partial charge in [-0.2, -0.15) is 10.5 Å². The predicted octanol–water partition coefficient (Wildman–Crippen LogP) is 6.00. The molecule has 168 valence electrons. The van der Waals surface area contributed by atoms with Crippen molar-refractivity contribution in [1.29, 1.82) is 10.5 Å². The number of halogens is 1. The Morgan fingerprint density at radius 3 is 2.45 bits per heavy atom. The molecule has 1 aromatic heterocycles. The highest BCUT2D eigenvalue weighted by Gasteiger charge is 2.18. The Bertz CT molecular complexity index is 1150. The maximum absolute atomic E-state index is 8.92. The number of nitrogens with one attached hydrogen (secondary N) is 1. The molecule has 33 heavy (non-hydrogen) atoms. The van der Waals surface area contributed by atoms with Gasteiger partial charge in [-0.05, 0) is 50.0 Å². The minimum absolute atomic E-state index is 0.480. The molecule has 0 unspecified atom stereocenters. The zero-order valence-corrected chi connectivity index (χ0v) is 19.9. The Morgan fingerprint density at radius 2 is 1.88 bits per heavy atom. The molecule has 0 spiro atoms. The van der Waals surface area contributed by atoms with Crippen LogP contribution in [0.15, 0.2) is 76.9 Å². The Hall–Kier alpha value is -3.98. The second-order valence-electron chi connectivity index (χ2n) is 7.07. The third kappa shape index (κ3) is 8.58. The molecule has 0 atom stereocenters. The minimum Gasteiger partial charge on any atom is -0.461 e. The topological polar surface area (TPSA) is 81.7 Å². The van der Waals surface area contributed by atoms with Crippen molar-refractivity contribution in [2.24, 2.45) is 0 Å². The third-order valence-corrected chi connectivity index (χ3v) is 4.99. The van der Waals surface area contributed by atoms with Crippen molar-refractivity contribution in [3.05, 3.63) is 93.6 Å². The van der Waals surface area contributed by atoms with E-state index in [0.29, 0.717) is 22.6 Å². The summed E-state index contributed by atoms with van der Waals surface area (Å²) in [4.78, 5) is 3.82. The minimum atomic E-state index is 0.480. The van der Waals surface area contributed by atoms with Crippen LogP contribution in [0.3, 0.4) is 0 Å². The molecule has 0 saturated heterocycles. The van der Waals surface area contributed by atoms with Crippen LogP contribution in [0.1, 0.15) is 43.9 Å². The fraction of sp³-hybridized carbons (Fsp3) is 0.222. The highest BCUT2D eigenvalue weighted by atomic mass is 35.5. The van der Waals surface area contributed by atoms with Crippen LogP contribution in [-0.4, -0.2) is 11.5 Å². The van der Waals surface area contributed by atoms with Crippen LogP contribution in [-0.2, 0) is 6.42 Å². The first-order chi connectivity index (χ1) is 15.9.